The number of carbonyl (C=O) groups excluding carboxylic acids is 2. The van der Waals surface area contributed by atoms with E-state index >= 15 is 0 Å². The van der Waals surface area contributed by atoms with Gasteiger partial charge in [-0.1, -0.05) is 29.3 Å². The number of halogens is 2. The van der Waals surface area contributed by atoms with Crippen LogP contribution in [0.2, 0.25) is 10.0 Å². The van der Waals surface area contributed by atoms with Crippen LogP contribution in [-0.2, 0) is 9.53 Å². The van der Waals surface area contributed by atoms with Gasteiger partial charge in [-0.2, -0.15) is 0 Å². The summed E-state index contributed by atoms with van der Waals surface area (Å²) in [4.78, 5) is 34.2. The van der Waals surface area contributed by atoms with E-state index in [1.165, 1.54) is 31.2 Å². The molecule has 130 valence electrons. The fourth-order valence-corrected chi connectivity index (χ4v) is 2.26. The van der Waals surface area contributed by atoms with Gasteiger partial charge in [0.1, 0.15) is 0 Å². The lowest BCUT2D eigenvalue weighted by Crippen LogP contribution is -2.30. The molecule has 0 aromatic heterocycles. The number of carbonyl (C=O) groups is 2. The van der Waals surface area contributed by atoms with E-state index in [4.69, 9.17) is 27.9 Å². The summed E-state index contributed by atoms with van der Waals surface area (Å²) < 4.78 is 5.07. The second-order valence-electron chi connectivity index (χ2n) is 4.97. The molecule has 2 rings (SSSR count). The van der Waals surface area contributed by atoms with E-state index in [0.29, 0.717) is 5.02 Å². The molecule has 0 aliphatic rings. The number of nitro benzene ring substituents is 1. The molecule has 1 atom stereocenters. The summed E-state index contributed by atoms with van der Waals surface area (Å²) in [5.41, 5.74) is 0.173. The van der Waals surface area contributed by atoms with Crippen molar-refractivity contribution < 1.29 is 19.2 Å². The van der Waals surface area contributed by atoms with Crippen molar-refractivity contribution in [3.8, 4) is 0 Å². The van der Waals surface area contributed by atoms with Crippen LogP contribution < -0.4 is 5.32 Å². The molecule has 25 heavy (non-hydrogen) atoms. The predicted octanol–water partition coefficient (Wildman–Crippen LogP) is 4.09. The second kappa shape index (κ2) is 7.96. The van der Waals surface area contributed by atoms with Crippen molar-refractivity contribution in [2.24, 2.45) is 0 Å². The van der Waals surface area contributed by atoms with Gasteiger partial charge in [-0.25, -0.2) is 4.79 Å². The van der Waals surface area contributed by atoms with Crippen molar-refractivity contribution in [3.05, 3.63) is 68.2 Å². The highest BCUT2D eigenvalue weighted by Crippen LogP contribution is 2.26. The van der Waals surface area contributed by atoms with E-state index in [1.807, 2.05) is 0 Å². The molecule has 2 aromatic carbocycles. The van der Waals surface area contributed by atoms with Gasteiger partial charge in [-0.3, -0.25) is 14.9 Å². The van der Waals surface area contributed by atoms with Gasteiger partial charge in [0.25, 0.3) is 11.6 Å². The fraction of sp³-hybridized carbons (Fsp3) is 0.125. The molecular formula is C16H12Cl2N2O5. The Hall–Kier alpha value is -2.64. The van der Waals surface area contributed by atoms with Crippen molar-refractivity contribution in [1.29, 1.82) is 0 Å². The van der Waals surface area contributed by atoms with E-state index in [0.717, 1.165) is 6.07 Å². The minimum absolute atomic E-state index is 0.00378. The number of anilines is 1. The molecule has 0 saturated carbocycles. The first-order chi connectivity index (χ1) is 11.8. The van der Waals surface area contributed by atoms with Crippen LogP contribution in [0.4, 0.5) is 11.4 Å². The number of benzene rings is 2. The summed E-state index contributed by atoms with van der Waals surface area (Å²) in [5.74, 6) is -1.34. The number of nitrogens with one attached hydrogen (secondary N) is 1. The maximum atomic E-state index is 12.1. The minimum Gasteiger partial charge on any atom is -0.449 e. The van der Waals surface area contributed by atoms with E-state index in [-0.39, 0.29) is 22.0 Å². The van der Waals surface area contributed by atoms with Crippen LogP contribution in [0.25, 0.3) is 0 Å². The molecular weight excluding hydrogens is 371 g/mol. The lowest BCUT2D eigenvalue weighted by molar-refractivity contribution is -0.384. The number of hydrogen-bond donors (Lipinski definition) is 1. The van der Waals surface area contributed by atoms with Gasteiger partial charge in [0.15, 0.2) is 6.10 Å². The molecule has 1 unspecified atom stereocenters. The summed E-state index contributed by atoms with van der Waals surface area (Å²) in [6.45, 7) is 1.39. The molecule has 0 fully saturated rings. The van der Waals surface area contributed by atoms with Crippen LogP contribution in [0, 0.1) is 10.1 Å². The summed E-state index contributed by atoms with van der Waals surface area (Å²) >= 11 is 11.7. The normalized spacial score (nSPS) is 11.5. The van der Waals surface area contributed by atoms with Crippen molar-refractivity contribution in [2.75, 3.05) is 5.32 Å². The zero-order chi connectivity index (χ0) is 18.6. The molecule has 7 nitrogen and oxygen atoms in total. The number of non-ortho nitro benzene ring substituents is 1. The van der Waals surface area contributed by atoms with Crippen molar-refractivity contribution in [1.82, 2.24) is 0 Å². The number of nitro groups is 1. The topological polar surface area (TPSA) is 98.5 Å². The first-order valence-corrected chi connectivity index (χ1v) is 7.75. The highest BCUT2D eigenvalue weighted by atomic mass is 35.5. The molecule has 0 spiro atoms. The van der Waals surface area contributed by atoms with E-state index < -0.39 is 22.9 Å². The Kier molecular flexibility index (Phi) is 5.95. The number of hydrogen-bond acceptors (Lipinski definition) is 5. The number of rotatable bonds is 5. The van der Waals surface area contributed by atoms with Crippen LogP contribution >= 0.6 is 23.2 Å². The van der Waals surface area contributed by atoms with Gasteiger partial charge in [-0.15, -0.1) is 0 Å². The second-order valence-corrected chi connectivity index (χ2v) is 5.81. The molecule has 2 aromatic rings. The average molecular weight is 383 g/mol. The fourth-order valence-electron chi connectivity index (χ4n) is 1.85. The summed E-state index contributed by atoms with van der Waals surface area (Å²) in [5, 5.41) is 13.5. The zero-order valence-corrected chi connectivity index (χ0v) is 14.4. The zero-order valence-electron chi connectivity index (χ0n) is 12.9. The largest absolute Gasteiger partial charge is 0.449 e. The molecule has 9 heteroatoms. The molecule has 1 amide bonds. The van der Waals surface area contributed by atoms with Gasteiger partial charge in [0, 0.05) is 17.2 Å². The van der Waals surface area contributed by atoms with E-state index in [2.05, 4.69) is 5.32 Å². The van der Waals surface area contributed by atoms with Gasteiger partial charge >= 0.3 is 5.97 Å². The summed E-state index contributed by atoms with van der Waals surface area (Å²) in [7, 11) is 0. The van der Waals surface area contributed by atoms with Crippen LogP contribution in [0.5, 0.6) is 0 Å². The summed E-state index contributed by atoms with van der Waals surface area (Å²) in [6, 6.07) is 9.72. The number of esters is 1. The van der Waals surface area contributed by atoms with E-state index in [9.17, 15) is 19.7 Å². The smallest absolute Gasteiger partial charge is 0.338 e. The highest BCUT2D eigenvalue weighted by Gasteiger charge is 2.20. The van der Waals surface area contributed by atoms with Crippen molar-refractivity contribution in [2.45, 2.75) is 13.0 Å². The summed E-state index contributed by atoms with van der Waals surface area (Å²) in [6.07, 6.45) is -1.11. The molecule has 0 bridgehead atoms. The SMILES string of the molecule is CC(OC(=O)c1cccc(Cl)c1)C(=O)Nc1ccc([N+](=O)[O-])cc1Cl. The van der Waals surface area contributed by atoms with E-state index in [1.54, 1.807) is 12.1 Å². The maximum absolute atomic E-state index is 12.1. The third kappa shape index (κ3) is 4.91. The minimum atomic E-state index is -1.11. The van der Waals surface area contributed by atoms with Gasteiger partial charge in [0.05, 0.1) is 21.2 Å². The Labute approximate surface area is 152 Å². The Bertz CT molecular complexity index is 841. The molecule has 0 heterocycles. The van der Waals surface area contributed by atoms with Crippen LogP contribution in [-0.4, -0.2) is 22.9 Å². The monoisotopic (exact) mass is 382 g/mol. The number of amides is 1. The highest BCUT2D eigenvalue weighted by molar-refractivity contribution is 6.34. The Morgan fingerprint density at radius 1 is 1.20 bits per heavy atom. The molecule has 1 N–H and O–H groups in total. The van der Waals surface area contributed by atoms with Crippen LogP contribution in [0.15, 0.2) is 42.5 Å². The maximum Gasteiger partial charge on any atom is 0.338 e. The van der Waals surface area contributed by atoms with Crippen LogP contribution in [0.1, 0.15) is 17.3 Å². The lowest BCUT2D eigenvalue weighted by Gasteiger charge is -2.14. The Morgan fingerprint density at radius 3 is 2.52 bits per heavy atom. The standard InChI is InChI=1S/C16H12Cl2N2O5/c1-9(25-16(22)10-3-2-4-11(17)7-10)15(21)19-14-6-5-12(20(23)24)8-13(14)18/h2-9H,1H3,(H,19,21). The Morgan fingerprint density at radius 2 is 1.92 bits per heavy atom. The first kappa shape index (κ1) is 18.7. The third-order valence-electron chi connectivity index (χ3n) is 3.13. The van der Waals surface area contributed by atoms with Gasteiger partial charge < -0.3 is 10.1 Å². The van der Waals surface area contributed by atoms with Gasteiger partial charge in [0.2, 0.25) is 0 Å². The molecule has 0 radical (unpaired) electrons. The first-order valence-electron chi connectivity index (χ1n) is 6.99. The third-order valence-corrected chi connectivity index (χ3v) is 3.68. The molecule has 0 aliphatic carbocycles. The molecule has 0 saturated heterocycles. The molecule has 0 aliphatic heterocycles. The quantitative estimate of drug-likeness (QED) is 0.477. The average Bonchev–Trinajstić information content (AvgIpc) is 2.56. The lowest BCUT2D eigenvalue weighted by atomic mass is 10.2. The van der Waals surface area contributed by atoms with Crippen LogP contribution in [0.3, 0.4) is 0 Å². The number of nitrogens with zero attached hydrogens (tertiary/aromatic N) is 1. The number of ether oxygens (including phenoxy) is 1. The van der Waals surface area contributed by atoms with Crippen molar-refractivity contribution in [3.63, 3.8) is 0 Å². The van der Waals surface area contributed by atoms with Crippen molar-refractivity contribution >= 4 is 46.5 Å². The van der Waals surface area contributed by atoms with Gasteiger partial charge in [-0.05, 0) is 31.2 Å². The Balaban J connectivity index is 2.03. The predicted molar refractivity (Wildman–Crippen MR) is 93.1 cm³/mol.